The van der Waals surface area contributed by atoms with E-state index < -0.39 is 0 Å². The van der Waals surface area contributed by atoms with Gasteiger partial charge in [0, 0.05) is 6.54 Å². The molecule has 16 heavy (non-hydrogen) atoms. The van der Waals surface area contributed by atoms with Gasteiger partial charge < -0.3 is 11.1 Å². The molecule has 1 aliphatic heterocycles. The maximum Gasteiger partial charge on any atom is 0.221 e. The molecule has 0 radical (unpaired) electrons. The fourth-order valence-electron chi connectivity index (χ4n) is 2.25. The molecular weight excluding hydrogens is 200 g/mol. The van der Waals surface area contributed by atoms with Crippen LogP contribution in [0.25, 0.3) is 0 Å². The van der Waals surface area contributed by atoms with Crippen LogP contribution in [0.5, 0.6) is 0 Å². The smallest absolute Gasteiger partial charge is 0.221 e. The van der Waals surface area contributed by atoms with Gasteiger partial charge in [-0.3, -0.25) is 4.79 Å². The molecule has 2 rings (SSSR count). The number of piperidine rings is 1. The summed E-state index contributed by atoms with van der Waals surface area (Å²) >= 11 is 0. The molecule has 1 heterocycles. The molecule has 1 amide bonds. The predicted octanol–water partition coefficient (Wildman–Crippen LogP) is 1.18. The van der Waals surface area contributed by atoms with E-state index in [0.717, 1.165) is 18.7 Å². The van der Waals surface area contributed by atoms with Crippen LogP contribution in [0.2, 0.25) is 0 Å². The quantitative estimate of drug-likeness (QED) is 0.800. The minimum Gasteiger partial charge on any atom is -0.369 e. The third-order valence-corrected chi connectivity index (χ3v) is 3.13. The van der Waals surface area contributed by atoms with Crippen LogP contribution >= 0.6 is 0 Å². The summed E-state index contributed by atoms with van der Waals surface area (Å²) in [5.41, 5.74) is 7.52. The van der Waals surface area contributed by atoms with E-state index in [1.165, 1.54) is 18.4 Å². The summed E-state index contributed by atoms with van der Waals surface area (Å²) in [4.78, 5) is 10.8. The monoisotopic (exact) mass is 218 g/mol. The summed E-state index contributed by atoms with van der Waals surface area (Å²) in [7, 11) is 0. The van der Waals surface area contributed by atoms with Gasteiger partial charge in [-0.25, -0.2) is 0 Å². The van der Waals surface area contributed by atoms with Crippen LogP contribution in [0.15, 0.2) is 24.3 Å². The Labute approximate surface area is 96.0 Å². The Kier molecular flexibility index (Phi) is 3.57. The first-order valence-corrected chi connectivity index (χ1v) is 5.83. The Morgan fingerprint density at radius 1 is 1.38 bits per heavy atom. The van der Waals surface area contributed by atoms with E-state index in [-0.39, 0.29) is 5.91 Å². The molecule has 0 bridgehead atoms. The van der Waals surface area contributed by atoms with E-state index in [9.17, 15) is 4.79 Å². The first-order chi connectivity index (χ1) is 7.75. The van der Waals surface area contributed by atoms with Gasteiger partial charge in [-0.05, 0) is 36.4 Å². The zero-order chi connectivity index (χ0) is 11.4. The highest BCUT2D eigenvalue weighted by atomic mass is 16.1. The number of hydrogen-bond donors (Lipinski definition) is 2. The summed E-state index contributed by atoms with van der Waals surface area (Å²) in [6.07, 6.45) is 2.83. The van der Waals surface area contributed by atoms with Crippen LogP contribution in [-0.4, -0.2) is 19.0 Å². The van der Waals surface area contributed by atoms with E-state index in [1.54, 1.807) is 0 Å². The van der Waals surface area contributed by atoms with E-state index in [1.807, 2.05) is 12.1 Å². The second-order valence-corrected chi connectivity index (χ2v) is 4.43. The average Bonchev–Trinajstić information content (AvgIpc) is 2.30. The lowest BCUT2D eigenvalue weighted by Crippen LogP contribution is -2.28. The van der Waals surface area contributed by atoms with Crippen molar-refractivity contribution in [3.8, 4) is 0 Å². The predicted molar refractivity (Wildman–Crippen MR) is 64.2 cm³/mol. The molecule has 1 atom stereocenters. The lowest BCUT2D eigenvalue weighted by molar-refractivity contribution is -0.117. The number of rotatable bonds is 3. The van der Waals surface area contributed by atoms with Gasteiger partial charge in [-0.2, -0.15) is 0 Å². The topological polar surface area (TPSA) is 55.1 Å². The van der Waals surface area contributed by atoms with Crippen molar-refractivity contribution in [2.45, 2.75) is 25.2 Å². The summed E-state index contributed by atoms with van der Waals surface area (Å²) in [5.74, 6) is 0.350. The molecule has 0 aliphatic carbocycles. The Morgan fingerprint density at radius 2 is 2.12 bits per heavy atom. The minimum absolute atomic E-state index is 0.271. The highest BCUT2D eigenvalue weighted by molar-refractivity contribution is 5.76. The SMILES string of the molecule is NC(=O)Cc1ccc(C2CCCNC2)cc1. The Morgan fingerprint density at radius 3 is 2.69 bits per heavy atom. The summed E-state index contributed by atoms with van der Waals surface area (Å²) in [6, 6.07) is 8.26. The number of benzene rings is 1. The lowest BCUT2D eigenvalue weighted by atomic mass is 9.91. The van der Waals surface area contributed by atoms with Crippen LogP contribution in [0.4, 0.5) is 0 Å². The Bertz CT molecular complexity index is 353. The molecule has 3 nitrogen and oxygen atoms in total. The van der Waals surface area contributed by atoms with Crippen LogP contribution in [-0.2, 0) is 11.2 Å². The van der Waals surface area contributed by atoms with E-state index in [2.05, 4.69) is 17.4 Å². The van der Waals surface area contributed by atoms with Crippen molar-refractivity contribution in [3.63, 3.8) is 0 Å². The van der Waals surface area contributed by atoms with Gasteiger partial charge in [0.1, 0.15) is 0 Å². The summed E-state index contributed by atoms with van der Waals surface area (Å²) in [5, 5.41) is 3.41. The standard InChI is InChI=1S/C13H18N2O/c14-13(16)8-10-3-5-11(6-4-10)12-2-1-7-15-9-12/h3-6,12,15H,1-2,7-9H2,(H2,14,16). The Hall–Kier alpha value is -1.35. The van der Waals surface area contributed by atoms with Crippen molar-refractivity contribution in [1.82, 2.24) is 5.32 Å². The number of nitrogens with one attached hydrogen (secondary N) is 1. The van der Waals surface area contributed by atoms with Crippen molar-refractivity contribution in [2.75, 3.05) is 13.1 Å². The van der Waals surface area contributed by atoms with Crippen molar-refractivity contribution >= 4 is 5.91 Å². The molecule has 1 aliphatic rings. The molecule has 3 heteroatoms. The molecule has 0 spiro atoms. The molecule has 1 unspecified atom stereocenters. The fourth-order valence-corrected chi connectivity index (χ4v) is 2.25. The second-order valence-electron chi connectivity index (χ2n) is 4.43. The Balaban J connectivity index is 2.03. The van der Waals surface area contributed by atoms with Gasteiger partial charge >= 0.3 is 0 Å². The molecule has 1 aromatic rings. The first kappa shape index (κ1) is 11.1. The minimum atomic E-state index is -0.271. The van der Waals surface area contributed by atoms with Crippen molar-refractivity contribution < 1.29 is 4.79 Å². The van der Waals surface area contributed by atoms with Crippen molar-refractivity contribution in [1.29, 1.82) is 0 Å². The maximum atomic E-state index is 10.8. The van der Waals surface area contributed by atoms with E-state index in [4.69, 9.17) is 5.73 Å². The highest BCUT2D eigenvalue weighted by Crippen LogP contribution is 2.23. The maximum absolute atomic E-state index is 10.8. The van der Waals surface area contributed by atoms with Gasteiger partial charge in [-0.15, -0.1) is 0 Å². The number of carbonyl (C=O) groups is 1. The summed E-state index contributed by atoms with van der Waals surface area (Å²) in [6.45, 7) is 2.20. The number of nitrogens with two attached hydrogens (primary N) is 1. The lowest BCUT2D eigenvalue weighted by Gasteiger charge is -2.23. The largest absolute Gasteiger partial charge is 0.369 e. The van der Waals surface area contributed by atoms with Crippen molar-refractivity contribution in [3.05, 3.63) is 35.4 Å². The molecule has 1 aromatic carbocycles. The van der Waals surface area contributed by atoms with Crippen molar-refractivity contribution in [2.24, 2.45) is 5.73 Å². The number of amides is 1. The second kappa shape index (κ2) is 5.12. The van der Waals surface area contributed by atoms with Gasteiger partial charge in [-0.1, -0.05) is 24.3 Å². The van der Waals surface area contributed by atoms with E-state index >= 15 is 0 Å². The van der Waals surface area contributed by atoms with Gasteiger partial charge in [0.2, 0.25) is 5.91 Å². The van der Waals surface area contributed by atoms with Crippen LogP contribution in [0.3, 0.4) is 0 Å². The zero-order valence-electron chi connectivity index (χ0n) is 9.41. The molecule has 1 saturated heterocycles. The number of primary amides is 1. The summed E-state index contributed by atoms with van der Waals surface area (Å²) < 4.78 is 0. The van der Waals surface area contributed by atoms with E-state index in [0.29, 0.717) is 12.3 Å². The third kappa shape index (κ3) is 2.83. The fraction of sp³-hybridized carbons (Fsp3) is 0.462. The number of carbonyl (C=O) groups excluding carboxylic acids is 1. The molecule has 0 saturated carbocycles. The highest BCUT2D eigenvalue weighted by Gasteiger charge is 2.14. The molecule has 0 aromatic heterocycles. The van der Waals surface area contributed by atoms with Crippen LogP contribution in [0, 0.1) is 0 Å². The molecule has 3 N–H and O–H groups in total. The van der Waals surface area contributed by atoms with Gasteiger partial charge in [0.05, 0.1) is 6.42 Å². The number of hydrogen-bond acceptors (Lipinski definition) is 2. The van der Waals surface area contributed by atoms with Gasteiger partial charge in [0.15, 0.2) is 0 Å². The average molecular weight is 218 g/mol. The van der Waals surface area contributed by atoms with Crippen LogP contribution < -0.4 is 11.1 Å². The third-order valence-electron chi connectivity index (χ3n) is 3.13. The zero-order valence-corrected chi connectivity index (χ0v) is 9.41. The first-order valence-electron chi connectivity index (χ1n) is 5.83. The molecular formula is C13H18N2O. The van der Waals surface area contributed by atoms with Gasteiger partial charge in [0.25, 0.3) is 0 Å². The van der Waals surface area contributed by atoms with Crippen LogP contribution in [0.1, 0.15) is 29.9 Å². The molecule has 1 fully saturated rings. The molecule has 86 valence electrons. The normalized spacial score (nSPS) is 20.6.